The van der Waals surface area contributed by atoms with E-state index in [1.807, 2.05) is 0 Å². The highest BCUT2D eigenvalue weighted by molar-refractivity contribution is 5.74. The van der Waals surface area contributed by atoms with E-state index in [0.29, 0.717) is 0 Å². The van der Waals surface area contributed by atoms with Gasteiger partial charge in [0.15, 0.2) is 44.0 Å². The van der Waals surface area contributed by atoms with Crippen LogP contribution in [0.4, 0.5) is 0 Å². The number of rotatable bonds is 28. The number of carbonyl (C=O) groups is 4. The topological polar surface area (TPSA) is 650 Å². The molecule has 0 bridgehead atoms. The van der Waals surface area contributed by atoms with Gasteiger partial charge >= 0.3 is 0 Å². The highest BCUT2D eigenvalue weighted by Crippen LogP contribution is 2.38. The van der Waals surface area contributed by atoms with Crippen LogP contribution < -0.4 is 21.3 Å². The van der Waals surface area contributed by atoms with Crippen molar-refractivity contribution in [3.63, 3.8) is 0 Å². The number of nitrogens with one attached hydrogen (secondary N) is 4. The lowest BCUT2D eigenvalue weighted by Crippen LogP contribution is -2.71. The fourth-order valence-corrected chi connectivity index (χ4v) is 11.7. The molecule has 42 nitrogen and oxygen atoms in total. The summed E-state index contributed by atoms with van der Waals surface area (Å²) in [6, 6.07) is -6.46. The first-order valence-corrected chi connectivity index (χ1v) is 29.8. The number of hydrogen-bond donors (Lipinski definition) is 24. The molecule has 7 heterocycles. The van der Waals surface area contributed by atoms with Gasteiger partial charge in [0.25, 0.3) is 0 Å². The number of amides is 4. The van der Waals surface area contributed by atoms with Crippen LogP contribution in [-0.2, 0) is 85.5 Å². The molecule has 0 aromatic rings. The van der Waals surface area contributed by atoms with Crippen LogP contribution in [0.25, 0.3) is 0 Å². The van der Waals surface area contributed by atoms with E-state index < -0.39 is 298 Å². The lowest BCUT2D eigenvalue weighted by molar-refractivity contribution is -0.386. The lowest BCUT2D eigenvalue weighted by Gasteiger charge is -2.51. The summed E-state index contributed by atoms with van der Waals surface area (Å²) in [5, 5.41) is 228. The van der Waals surface area contributed by atoms with Crippen molar-refractivity contribution in [2.45, 2.75) is 242 Å². The molecular formula is C52H88N4O38. The second-order valence-electron chi connectivity index (χ2n) is 23.3. The summed E-state index contributed by atoms with van der Waals surface area (Å²) in [4.78, 5) is 49.3. The molecule has 0 aliphatic carbocycles. The molecule has 4 amide bonds. The maximum atomic E-state index is 13.2. The third-order valence-electron chi connectivity index (χ3n) is 16.7. The molecule has 0 aromatic heterocycles. The summed E-state index contributed by atoms with van der Waals surface area (Å²) >= 11 is 0. The van der Waals surface area contributed by atoms with Crippen molar-refractivity contribution in [1.29, 1.82) is 0 Å². The van der Waals surface area contributed by atoms with Crippen molar-refractivity contribution in [3.05, 3.63) is 0 Å². The zero-order valence-electron chi connectivity index (χ0n) is 50.5. The first-order valence-electron chi connectivity index (χ1n) is 29.8. The molecular weight excluding hydrogens is 1290 g/mol. The fraction of sp³-hybridized carbons (Fsp3) is 0.923. The number of hydrogen-bond acceptors (Lipinski definition) is 38. The van der Waals surface area contributed by atoms with Crippen LogP contribution in [-0.4, -0.2) is 407 Å². The molecule has 7 rings (SSSR count). The van der Waals surface area contributed by atoms with Crippen LogP contribution in [0.5, 0.6) is 0 Å². The molecule has 24 N–H and O–H groups in total. The smallest absolute Gasteiger partial charge is 0.217 e. The van der Waals surface area contributed by atoms with Crippen molar-refractivity contribution < 1.29 is 188 Å². The van der Waals surface area contributed by atoms with E-state index in [1.54, 1.807) is 0 Å². The molecule has 7 aliphatic heterocycles. The molecule has 544 valence electrons. The van der Waals surface area contributed by atoms with Crippen molar-refractivity contribution in [3.8, 4) is 0 Å². The Morgan fingerprint density at radius 2 is 0.702 bits per heavy atom. The van der Waals surface area contributed by atoms with Gasteiger partial charge in [0.05, 0.1) is 65.5 Å². The predicted octanol–water partition coefficient (Wildman–Crippen LogP) is -16.7. The zero-order chi connectivity index (χ0) is 69.3. The Bertz CT molecular complexity index is 2370. The number of aliphatic hydroxyl groups is 20. The Balaban J connectivity index is 1.18. The summed E-state index contributed by atoms with van der Waals surface area (Å²) in [6.45, 7) is -5.27. The summed E-state index contributed by atoms with van der Waals surface area (Å²) in [5.74, 6) is -2.66. The van der Waals surface area contributed by atoms with Gasteiger partial charge in [-0.2, -0.15) is 0 Å². The number of carbonyl (C=O) groups excluding carboxylic acids is 4. The molecule has 42 heteroatoms. The van der Waals surface area contributed by atoms with Crippen LogP contribution in [0, 0.1) is 0 Å². The highest BCUT2D eigenvalue weighted by atomic mass is 16.8. The largest absolute Gasteiger partial charge is 0.394 e. The molecule has 0 spiro atoms. The molecule has 94 heavy (non-hydrogen) atoms. The first kappa shape index (κ1) is 77.9. The zero-order valence-corrected chi connectivity index (χ0v) is 50.5. The molecule has 0 aromatic carbocycles. The number of aliphatic hydroxyl groups excluding tert-OH is 20. The van der Waals surface area contributed by atoms with Gasteiger partial charge in [-0.15, -0.1) is 0 Å². The minimum Gasteiger partial charge on any atom is -0.394 e. The minimum absolute atomic E-state index is 0.258. The van der Waals surface area contributed by atoms with Gasteiger partial charge in [-0.1, -0.05) is 0 Å². The van der Waals surface area contributed by atoms with E-state index in [1.165, 1.54) is 0 Å². The van der Waals surface area contributed by atoms with Crippen molar-refractivity contribution in [2.24, 2.45) is 0 Å². The van der Waals surface area contributed by atoms with Crippen LogP contribution >= 0.6 is 0 Å². The highest BCUT2D eigenvalue weighted by Gasteiger charge is 2.59. The Labute approximate surface area is 533 Å². The van der Waals surface area contributed by atoms with Crippen LogP contribution in [0.1, 0.15) is 20.8 Å². The third kappa shape index (κ3) is 17.7. The van der Waals surface area contributed by atoms with Gasteiger partial charge in [0, 0.05) is 20.8 Å². The van der Waals surface area contributed by atoms with Crippen molar-refractivity contribution >= 4 is 24.1 Å². The maximum absolute atomic E-state index is 13.2. The van der Waals surface area contributed by atoms with Crippen molar-refractivity contribution in [2.75, 3.05) is 59.5 Å². The van der Waals surface area contributed by atoms with Crippen LogP contribution in [0.2, 0.25) is 0 Å². The van der Waals surface area contributed by atoms with E-state index in [2.05, 4.69) is 21.3 Å². The third-order valence-corrected chi connectivity index (χ3v) is 16.7. The molecule has 0 saturated carbocycles. The van der Waals surface area contributed by atoms with Gasteiger partial charge in [-0.3, -0.25) is 19.2 Å². The summed E-state index contributed by atoms with van der Waals surface area (Å²) < 4.78 is 81.7. The quantitative estimate of drug-likeness (QED) is 0.0324. The SMILES string of the molecule is CC(=O)N[C@H]1[C@H](OC[C@H]2O[C@@H](O[C@H]3[C@H](O)[C@@H](CO)O[C@@H](O[C@H]4[C@@H](O)[C@@H](CO)O[C@@H](O[C@H]5[C@H](O)[C@@H](O)[C@H](OC[C@@H](CO)NC=O)O[C@@H]5CO)[C@@H]4O)[C@@H]3NC(C)=O)[C@H](O)[C@@H](O[C@@H]3O[C@H](CO)[C@@H](O)[C@H](O)[C@H]3NC(C)=O)[C@H]2O)O[C@H](CO)[C@@H](O[C@@H]2O[C@H](CO)[C@H](O)[C@H](O)[C@H]2O)[C@@H]1O. The van der Waals surface area contributed by atoms with Crippen molar-refractivity contribution in [1.82, 2.24) is 21.3 Å². The van der Waals surface area contributed by atoms with Gasteiger partial charge in [-0.25, -0.2) is 0 Å². The molecule has 7 fully saturated rings. The van der Waals surface area contributed by atoms with Crippen LogP contribution in [0.3, 0.4) is 0 Å². The second-order valence-corrected chi connectivity index (χ2v) is 23.3. The molecule has 0 unspecified atom stereocenters. The maximum Gasteiger partial charge on any atom is 0.217 e. The molecule has 36 atom stereocenters. The molecule has 7 aliphatic rings. The van der Waals surface area contributed by atoms with E-state index in [9.17, 15) is 121 Å². The van der Waals surface area contributed by atoms with Gasteiger partial charge in [-0.05, 0) is 0 Å². The molecule has 0 radical (unpaired) electrons. The predicted molar refractivity (Wildman–Crippen MR) is 290 cm³/mol. The Morgan fingerprint density at radius 1 is 0.351 bits per heavy atom. The average Bonchev–Trinajstić information content (AvgIpc) is 0.777. The standard InChI is InChI=1S/C52H88N4O38/c1-14(65)54-25-33(73)28(68)18(5-58)83-47(25)93-45-32(72)24(12-82-46-26(55-15(2)66)34(74)41(22(9-62)87-46)90-50-37(77)35(75)29(69)19(6-59)85-50)89-52(40(45)80)92-43-27(56-16(3)67)48(84-20(7-60)30(43)70)94-44-31(71)21(8-61)86-51(39(44)79)91-42-23(10-63)88-49(38(78)36(42)76)81-11-17(4-57)53-13-64/h13,17-52,57-63,68-80H,4-12H2,1-3H3,(H,53,64)(H,54,65)(H,55,66)(H,56,67)/t17-,18-,19-,20-,21-,22-,23-,24-,25-,26-,27-,28-,29+,30-,31+,32+,33-,34-,35+,36-,37-,38-,39-,40-,41-,42-,43-,44+,45+,46-,47+,48+,49-,50+,51+,52+/m1/s1. The van der Waals surface area contributed by atoms with Gasteiger partial charge in [0.1, 0.15) is 171 Å². The van der Waals surface area contributed by atoms with Gasteiger partial charge in [0.2, 0.25) is 24.1 Å². The lowest BCUT2D eigenvalue weighted by atomic mass is 9.93. The molecule has 7 saturated heterocycles. The summed E-state index contributed by atoms with van der Waals surface area (Å²) in [5.41, 5.74) is 0. The van der Waals surface area contributed by atoms with E-state index in [-0.39, 0.29) is 6.41 Å². The average molecular weight is 1380 g/mol. The first-order chi connectivity index (χ1) is 44.6. The monoisotopic (exact) mass is 1380 g/mol. The van der Waals surface area contributed by atoms with E-state index >= 15 is 0 Å². The van der Waals surface area contributed by atoms with E-state index in [0.717, 1.165) is 20.8 Å². The fourth-order valence-electron chi connectivity index (χ4n) is 11.7. The van der Waals surface area contributed by atoms with Crippen LogP contribution in [0.15, 0.2) is 0 Å². The Hall–Kier alpha value is -3.48. The minimum atomic E-state index is -2.40. The Morgan fingerprint density at radius 3 is 1.18 bits per heavy atom. The second kappa shape index (κ2) is 35.0. The summed E-state index contributed by atoms with van der Waals surface area (Å²) in [7, 11) is 0. The normalized spacial score (nSPS) is 46.4. The summed E-state index contributed by atoms with van der Waals surface area (Å²) in [6.07, 6.45) is -63.0. The number of ether oxygens (including phenoxy) is 14. The van der Waals surface area contributed by atoms with E-state index in [4.69, 9.17) is 66.3 Å². The van der Waals surface area contributed by atoms with Gasteiger partial charge < -0.3 is 190 Å². The Kier molecular flexibility index (Phi) is 29.0.